The lowest BCUT2D eigenvalue weighted by molar-refractivity contribution is 0.0635. The Balaban J connectivity index is 1.64. The van der Waals surface area contributed by atoms with E-state index >= 15 is 0 Å². The minimum atomic E-state index is -0.00460. The highest BCUT2D eigenvalue weighted by atomic mass is 16.5. The molecule has 4 rings (SSSR count). The fraction of sp³-hybridized carbons (Fsp3) is 0.273. The average molecular weight is 361 g/mol. The standard InChI is InChI=1S/C22H23N3O2/c1-16-20(21(27-24-16)18-10-6-3-7-11-18)22(26)25-13-12-23-15-19(25)14-17-8-4-2-5-9-17/h2-11,19,23H,12-15H2,1H3/t19-/m1/s1. The summed E-state index contributed by atoms with van der Waals surface area (Å²) in [6.45, 7) is 4.08. The third kappa shape index (κ3) is 3.64. The molecule has 0 aliphatic carbocycles. The number of rotatable bonds is 4. The van der Waals surface area contributed by atoms with E-state index in [4.69, 9.17) is 4.52 Å². The summed E-state index contributed by atoms with van der Waals surface area (Å²) in [6, 6.07) is 20.1. The van der Waals surface area contributed by atoms with Crippen LogP contribution in [-0.4, -0.2) is 41.6 Å². The van der Waals surface area contributed by atoms with Crippen LogP contribution in [0.3, 0.4) is 0 Å². The molecule has 2 heterocycles. The maximum atomic E-state index is 13.5. The van der Waals surface area contributed by atoms with Crippen molar-refractivity contribution in [2.24, 2.45) is 0 Å². The van der Waals surface area contributed by atoms with Gasteiger partial charge in [-0.05, 0) is 18.9 Å². The third-order valence-corrected chi connectivity index (χ3v) is 5.04. The van der Waals surface area contributed by atoms with Crippen LogP contribution >= 0.6 is 0 Å². The zero-order valence-corrected chi connectivity index (χ0v) is 15.4. The number of benzene rings is 2. The van der Waals surface area contributed by atoms with Gasteiger partial charge in [-0.3, -0.25) is 4.79 Å². The molecule has 1 atom stereocenters. The van der Waals surface area contributed by atoms with Crippen molar-refractivity contribution in [1.82, 2.24) is 15.4 Å². The molecule has 1 aliphatic rings. The molecule has 5 heteroatoms. The van der Waals surface area contributed by atoms with Gasteiger partial charge < -0.3 is 14.7 Å². The summed E-state index contributed by atoms with van der Waals surface area (Å²) in [7, 11) is 0. The predicted octanol–water partition coefficient (Wildman–Crippen LogP) is 3.31. The van der Waals surface area contributed by atoms with Crippen LogP contribution in [-0.2, 0) is 6.42 Å². The van der Waals surface area contributed by atoms with Gasteiger partial charge in [0.2, 0.25) is 0 Å². The molecule has 0 spiro atoms. The Labute approximate surface area is 159 Å². The van der Waals surface area contributed by atoms with E-state index in [-0.39, 0.29) is 11.9 Å². The molecule has 1 amide bonds. The first kappa shape index (κ1) is 17.5. The monoisotopic (exact) mass is 361 g/mol. The zero-order chi connectivity index (χ0) is 18.6. The zero-order valence-electron chi connectivity index (χ0n) is 15.4. The first-order valence-electron chi connectivity index (χ1n) is 9.31. The molecule has 1 N–H and O–H groups in total. The van der Waals surface area contributed by atoms with Gasteiger partial charge in [-0.1, -0.05) is 65.8 Å². The number of hydrogen-bond donors (Lipinski definition) is 1. The van der Waals surface area contributed by atoms with Gasteiger partial charge in [-0.25, -0.2) is 0 Å². The molecule has 3 aromatic rings. The van der Waals surface area contributed by atoms with E-state index in [1.165, 1.54) is 5.56 Å². The van der Waals surface area contributed by atoms with Crippen LogP contribution in [0.1, 0.15) is 21.6 Å². The lowest BCUT2D eigenvalue weighted by Crippen LogP contribution is -2.54. The molecular weight excluding hydrogens is 338 g/mol. The smallest absolute Gasteiger partial charge is 0.260 e. The van der Waals surface area contributed by atoms with Crippen molar-refractivity contribution in [3.63, 3.8) is 0 Å². The number of aryl methyl sites for hydroxylation is 1. The van der Waals surface area contributed by atoms with E-state index in [0.29, 0.717) is 23.6 Å². The van der Waals surface area contributed by atoms with Gasteiger partial charge >= 0.3 is 0 Å². The summed E-state index contributed by atoms with van der Waals surface area (Å²) in [6.07, 6.45) is 0.824. The van der Waals surface area contributed by atoms with E-state index in [1.807, 2.05) is 60.4 Å². The van der Waals surface area contributed by atoms with E-state index in [1.54, 1.807) is 0 Å². The second kappa shape index (κ2) is 7.76. The largest absolute Gasteiger partial charge is 0.355 e. The molecule has 5 nitrogen and oxygen atoms in total. The molecule has 1 aliphatic heterocycles. The minimum Gasteiger partial charge on any atom is -0.355 e. The molecule has 0 bridgehead atoms. The van der Waals surface area contributed by atoms with Crippen molar-refractivity contribution in [2.75, 3.05) is 19.6 Å². The van der Waals surface area contributed by atoms with Crippen LogP contribution in [0, 0.1) is 6.92 Å². The molecular formula is C22H23N3O2. The molecule has 0 radical (unpaired) electrons. The van der Waals surface area contributed by atoms with Gasteiger partial charge in [0.05, 0.1) is 5.69 Å². The number of piperazine rings is 1. The summed E-state index contributed by atoms with van der Waals surface area (Å²) in [5, 5.41) is 7.49. The number of carbonyl (C=O) groups excluding carboxylic acids is 1. The van der Waals surface area contributed by atoms with Gasteiger partial charge in [0.25, 0.3) is 5.91 Å². The number of hydrogen-bond acceptors (Lipinski definition) is 4. The van der Waals surface area contributed by atoms with Gasteiger partial charge in [-0.2, -0.15) is 0 Å². The number of carbonyl (C=O) groups is 1. The number of nitrogens with one attached hydrogen (secondary N) is 1. The predicted molar refractivity (Wildman–Crippen MR) is 105 cm³/mol. The Morgan fingerprint density at radius 1 is 1.15 bits per heavy atom. The molecule has 1 aromatic heterocycles. The first-order chi connectivity index (χ1) is 13.2. The van der Waals surface area contributed by atoms with E-state index in [2.05, 4.69) is 22.6 Å². The van der Waals surface area contributed by atoms with Gasteiger partial charge in [-0.15, -0.1) is 0 Å². The van der Waals surface area contributed by atoms with Crippen LogP contribution in [0.15, 0.2) is 65.2 Å². The highest BCUT2D eigenvalue weighted by molar-refractivity contribution is 6.00. The normalized spacial score (nSPS) is 17.1. The van der Waals surface area contributed by atoms with Crippen molar-refractivity contribution < 1.29 is 9.32 Å². The lowest BCUT2D eigenvalue weighted by Gasteiger charge is -2.36. The van der Waals surface area contributed by atoms with Crippen molar-refractivity contribution >= 4 is 5.91 Å². The van der Waals surface area contributed by atoms with Crippen LogP contribution in [0.5, 0.6) is 0 Å². The minimum absolute atomic E-state index is 0.00460. The molecule has 27 heavy (non-hydrogen) atoms. The molecule has 1 saturated heterocycles. The van der Waals surface area contributed by atoms with E-state index in [0.717, 1.165) is 25.1 Å². The summed E-state index contributed by atoms with van der Waals surface area (Å²) >= 11 is 0. The number of aromatic nitrogens is 1. The van der Waals surface area contributed by atoms with Crippen molar-refractivity contribution in [3.05, 3.63) is 77.5 Å². The summed E-state index contributed by atoms with van der Waals surface area (Å²) in [5.41, 5.74) is 3.31. The third-order valence-electron chi connectivity index (χ3n) is 5.04. The number of amides is 1. The summed E-state index contributed by atoms with van der Waals surface area (Å²) in [5.74, 6) is 0.546. The highest BCUT2D eigenvalue weighted by Crippen LogP contribution is 2.28. The maximum Gasteiger partial charge on any atom is 0.260 e. The Bertz CT molecular complexity index is 906. The summed E-state index contributed by atoms with van der Waals surface area (Å²) < 4.78 is 5.53. The van der Waals surface area contributed by atoms with Gasteiger partial charge in [0.1, 0.15) is 5.56 Å². The highest BCUT2D eigenvalue weighted by Gasteiger charge is 2.32. The fourth-order valence-electron chi connectivity index (χ4n) is 3.65. The average Bonchev–Trinajstić information content (AvgIpc) is 3.11. The Hall–Kier alpha value is -2.92. The van der Waals surface area contributed by atoms with Crippen LogP contribution < -0.4 is 5.32 Å². The Morgan fingerprint density at radius 3 is 2.59 bits per heavy atom. The van der Waals surface area contributed by atoms with E-state index in [9.17, 15) is 4.79 Å². The van der Waals surface area contributed by atoms with Crippen molar-refractivity contribution in [1.29, 1.82) is 0 Å². The van der Waals surface area contributed by atoms with Crippen molar-refractivity contribution in [2.45, 2.75) is 19.4 Å². The second-order valence-corrected chi connectivity index (χ2v) is 6.88. The SMILES string of the molecule is Cc1noc(-c2ccccc2)c1C(=O)N1CCNC[C@H]1Cc1ccccc1. The molecule has 1 fully saturated rings. The molecule has 0 saturated carbocycles. The summed E-state index contributed by atoms with van der Waals surface area (Å²) in [4.78, 5) is 15.4. The molecule has 138 valence electrons. The topological polar surface area (TPSA) is 58.4 Å². The van der Waals surface area contributed by atoms with Crippen LogP contribution in [0.4, 0.5) is 0 Å². The maximum absolute atomic E-state index is 13.5. The van der Waals surface area contributed by atoms with Gasteiger partial charge in [0.15, 0.2) is 5.76 Å². The Kier molecular flexibility index (Phi) is 5.03. The molecule has 0 unspecified atom stereocenters. The van der Waals surface area contributed by atoms with Crippen LogP contribution in [0.25, 0.3) is 11.3 Å². The number of nitrogens with zero attached hydrogens (tertiary/aromatic N) is 2. The lowest BCUT2D eigenvalue weighted by atomic mass is 10.0. The van der Waals surface area contributed by atoms with Crippen molar-refractivity contribution in [3.8, 4) is 11.3 Å². The van der Waals surface area contributed by atoms with E-state index < -0.39 is 0 Å². The second-order valence-electron chi connectivity index (χ2n) is 6.88. The van der Waals surface area contributed by atoms with Gasteiger partial charge in [0, 0.05) is 31.2 Å². The quantitative estimate of drug-likeness (QED) is 0.775. The molecule has 2 aromatic carbocycles. The van der Waals surface area contributed by atoms with Crippen LogP contribution in [0.2, 0.25) is 0 Å². The fourth-order valence-corrected chi connectivity index (χ4v) is 3.65. The first-order valence-corrected chi connectivity index (χ1v) is 9.31. The Morgan fingerprint density at radius 2 is 1.85 bits per heavy atom.